The highest BCUT2D eigenvalue weighted by Crippen LogP contribution is 2.44. The maximum Gasteiger partial charge on any atom is 0.209 e. The molecule has 0 saturated heterocycles. The van der Waals surface area contributed by atoms with E-state index >= 15 is 0 Å². The number of anilines is 1. The van der Waals surface area contributed by atoms with Gasteiger partial charge >= 0.3 is 0 Å². The number of nitrogens with one attached hydrogen (secondary N) is 1. The topological polar surface area (TPSA) is 76.2 Å². The number of rotatable bonds is 4. The Morgan fingerprint density at radius 3 is 2.85 bits per heavy atom. The van der Waals surface area contributed by atoms with E-state index in [2.05, 4.69) is 20.6 Å². The molecule has 0 fully saturated rings. The van der Waals surface area contributed by atoms with Crippen LogP contribution in [-0.2, 0) is 6.54 Å². The van der Waals surface area contributed by atoms with E-state index in [4.69, 9.17) is 21.1 Å². The van der Waals surface area contributed by atoms with Crippen LogP contribution in [0.3, 0.4) is 0 Å². The van der Waals surface area contributed by atoms with Crippen molar-refractivity contribution in [1.29, 1.82) is 0 Å². The number of hydrogen-bond donors (Lipinski definition) is 1. The third kappa shape index (κ3) is 2.92. The van der Waals surface area contributed by atoms with Crippen LogP contribution in [0, 0.1) is 5.82 Å². The summed E-state index contributed by atoms with van der Waals surface area (Å²) in [5.41, 5.74) is 1.79. The Morgan fingerprint density at radius 2 is 2.15 bits per heavy atom. The molecule has 0 spiro atoms. The standard InChI is InChI=1S/C17H15ClFN5O2/c1-25-11-4-2-10(3-5-11)9-24-6-7-26-13-8-12(18)15(19)14(16(13)24)17-20-22-23-21-17/h2-5,8H,6-7,9H2,1H3,(H,20,21,22,23). The fourth-order valence-corrected chi connectivity index (χ4v) is 3.17. The molecular weight excluding hydrogens is 361 g/mol. The summed E-state index contributed by atoms with van der Waals surface area (Å²) < 4.78 is 25.7. The third-order valence-electron chi connectivity index (χ3n) is 4.19. The summed E-state index contributed by atoms with van der Waals surface area (Å²) >= 11 is 6.04. The van der Waals surface area contributed by atoms with Gasteiger partial charge in [0.15, 0.2) is 5.82 Å². The van der Waals surface area contributed by atoms with Crippen molar-refractivity contribution in [2.75, 3.05) is 25.2 Å². The molecule has 0 radical (unpaired) electrons. The van der Waals surface area contributed by atoms with Gasteiger partial charge in [-0.15, -0.1) is 10.2 Å². The van der Waals surface area contributed by atoms with Gasteiger partial charge in [0, 0.05) is 12.6 Å². The summed E-state index contributed by atoms with van der Waals surface area (Å²) in [5.74, 6) is 0.806. The van der Waals surface area contributed by atoms with Crippen molar-refractivity contribution < 1.29 is 13.9 Å². The molecule has 0 saturated carbocycles. The van der Waals surface area contributed by atoms with Crippen LogP contribution < -0.4 is 14.4 Å². The van der Waals surface area contributed by atoms with E-state index in [0.29, 0.717) is 31.1 Å². The van der Waals surface area contributed by atoms with Gasteiger partial charge in [-0.2, -0.15) is 5.21 Å². The molecule has 134 valence electrons. The fraction of sp³-hybridized carbons (Fsp3) is 0.235. The Kier molecular flexibility index (Phi) is 4.34. The highest BCUT2D eigenvalue weighted by atomic mass is 35.5. The Bertz CT molecular complexity index is 918. The molecule has 0 atom stereocenters. The average Bonchev–Trinajstić information content (AvgIpc) is 3.18. The summed E-state index contributed by atoms with van der Waals surface area (Å²) in [5, 5.41) is 13.7. The van der Waals surface area contributed by atoms with Gasteiger partial charge in [-0.25, -0.2) is 4.39 Å². The lowest BCUT2D eigenvalue weighted by Crippen LogP contribution is -2.33. The molecule has 0 bridgehead atoms. The molecule has 26 heavy (non-hydrogen) atoms. The zero-order chi connectivity index (χ0) is 18.1. The van der Waals surface area contributed by atoms with Gasteiger partial charge in [0.05, 0.1) is 29.9 Å². The lowest BCUT2D eigenvalue weighted by Gasteiger charge is -2.33. The van der Waals surface area contributed by atoms with Gasteiger partial charge in [-0.05, 0) is 22.9 Å². The molecule has 3 aromatic rings. The Balaban J connectivity index is 1.78. The van der Waals surface area contributed by atoms with Crippen LogP contribution in [-0.4, -0.2) is 40.9 Å². The molecule has 0 aliphatic carbocycles. The monoisotopic (exact) mass is 375 g/mol. The second-order valence-corrected chi connectivity index (χ2v) is 6.15. The number of tetrazole rings is 1. The van der Waals surface area contributed by atoms with Crippen LogP contribution in [0.1, 0.15) is 5.56 Å². The molecule has 0 unspecified atom stereocenters. The number of halogens is 2. The van der Waals surface area contributed by atoms with Gasteiger partial charge in [0.2, 0.25) is 5.82 Å². The van der Waals surface area contributed by atoms with E-state index in [-0.39, 0.29) is 16.4 Å². The van der Waals surface area contributed by atoms with Crippen molar-refractivity contribution in [3.8, 4) is 22.9 Å². The van der Waals surface area contributed by atoms with Crippen LogP contribution in [0.25, 0.3) is 11.4 Å². The van der Waals surface area contributed by atoms with E-state index in [1.165, 1.54) is 6.07 Å². The molecule has 9 heteroatoms. The second kappa shape index (κ2) is 6.80. The van der Waals surface area contributed by atoms with Crippen LogP contribution in [0.5, 0.6) is 11.5 Å². The zero-order valence-electron chi connectivity index (χ0n) is 13.9. The minimum absolute atomic E-state index is 0.0464. The first kappa shape index (κ1) is 16.6. The van der Waals surface area contributed by atoms with Crippen molar-refractivity contribution in [1.82, 2.24) is 20.6 Å². The molecule has 2 heterocycles. The highest BCUT2D eigenvalue weighted by molar-refractivity contribution is 6.31. The number of nitrogens with zero attached hydrogens (tertiary/aromatic N) is 4. The van der Waals surface area contributed by atoms with Crippen LogP contribution in [0.4, 0.5) is 10.1 Å². The lowest BCUT2D eigenvalue weighted by atomic mass is 10.1. The van der Waals surface area contributed by atoms with Crippen molar-refractivity contribution in [3.63, 3.8) is 0 Å². The third-order valence-corrected chi connectivity index (χ3v) is 4.47. The van der Waals surface area contributed by atoms with Gasteiger partial charge in [-0.1, -0.05) is 23.7 Å². The number of benzene rings is 2. The fourth-order valence-electron chi connectivity index (χ4n) is 2.98. The molecule has 7 nitrogen and oxygen atoms in total. The predicted octanol–water partition coefficient (Wildman–Crippen LogP) is 3.07. The molecule has 1 aliphatic rings. The molecule has 2 aromatic carbocycles. The maximum atomic E-state index is 14.8. The van der Waals surface area contributed by atoms with E-state index < -0.39 is 5.82 Å². The first-order valence-electron chi connectivity index (χ1n) is 7.94. The van der Waals surface area contributed by atoms with E-state index in [9.17, 15) is 4.39 Å². The Hall–Kier alpha value is -2.87. The Labute approximate surface area is 153 Å². The zero-order valence-corrected chi connectivity index (χ0v) is 14.6. The minimum Gasteiger partial charge on any atom is -0.497 e. The first-order chi connectivity index (χ1) is 12.7. The molecule has 1 N–H and O–H groups in total. The molecule has 1 aromatic heterocycles. The molecule has 1 aliphatic heterocycles. The Morgan fingerprint density at radius 1 is 1.35 bits per heavy atom. The van der Waals surface area contributed by atoms with E-state index in [1.54, 1.807) is 7.11 Å². The van der Waals surface area contributed by atoms with Crippen LogP contribution in [0.15, 0.2) is 30.3 Å². The number of methoxy groups -OCH3 is 1. The summed E-state index contributed by atoms with van der Waals surface area (Å²) in [7, 11) is 1.62. The van der Waals surface area contributed by atoms with Gasteiger partial charge in [0.25, 0.3) is 0 Å². The normalized spacial score (nSPS) is 13.3. The first-order valence-corrected chi connectivity index (χ1v) is 8.31. The molecule has 0 amide bonds. The lowest BCUT2D eigenvalue weighted by molar-refractivity contribution is 0.306. The maximum absolute atomic E-state index is 14.8. The van der Waals surface area contributed by atoms with Gasteiger partial charge in [-0.3, -0.25) is 0 Å². The summed E-state index contributed by atoms with van der Waals surface area (Å²) in [6, 6.07) is 9.19. The van der Waals surface area contributed by atoms with Crippen molar-refractivity contribution >= 4 is 17.3 Å². The van der Waals surface area contributed by atoms with Crippen molar-refractivity contribution in [2.24, 2.45) is 0 Å². The van der Waals surface area contributed by atoms with E-state index in [0.717, 1.165) is 11.3 Å². The smallest absolute Gasteiger partial charge is 0.209 e. The average molecular weight is 376 g/mol. The number of aromatic nitrogens is 4. The number of H-pyrrole nitrogens is 1. The van der Waals surface area contributed by atoms with Gasteiger partial charge in [0.1, 0.15) is 18.1 Å². The summed E-state index contributed by atoms with van der Waals surface area (Å²) in [6.07, 6.45) is 0. The molecule has 4 rings (SSSR count). The number of hydrogen-bond acceptors (Lipinski definition) is 6. The highest BCUT2D eigenvalue weighted by Gasteiger charge is 2.29. The van der Waals surface area contributed by atoms with Crippen LogP contribution in [0.2, 0.25) is 5.02 Å². The summed E-state index contributed by atoms with van der Waals surface area (Å²) in [6.45, 7) is 1.62. The quantitative estimate of drug-likeness (QED) is 0.755. The minimum atomic E-state index is -0.600. The number of aromatic amines is 1. The number of fused-ring (bicyclic) bond motifs is 1. The van der Waals surface area contributed by atoms with Crippen molar-refractivity contribution in [3.05, 3.63) is 46.7 Å². The van der Waals surface area contributed by atoms with Gasteiger partial charge < -0.3 is 14.4 Å². The second-order valence-electron chi connectivity index (χ2n) is 5.75. The number of ether oxygens (including phenoxy) is 2. The van der Waals surface area contributed by atoms with Crippen molar-refractivity contribution in [2.45, 2.75) is 6.54 Å². The van der Waals surface area contributed by atoms with E-state index in [1.807, 2.05) is 29.2 Å². The predicted molar refractivity (Wildman–Crippen MR) is 94.1 cm³/mol. The molecular formula is C17H15ClFN5O2. The largest absolute Gasteiger partial charge is 0.497 e. The van der Waals surface area contributed by atoms with Crippen LogP contribution >= 0.6 is 11.6 Å². The summed E-state index contributed by atoms with van der Waals surface area (Å²) in [4.78, 5) is 2.02. The SMILES string of the molecule is COc1ccc(CN2CCOc3cc(Cl)c(F)c(-c4nn[nH]n4)c32)cc1.